The summed E-state index contributed by atoms with van der Waals surface area (Å²) >= 11 is 0. The summed E-state index contributed by atoms with van der Waals surface area (Å²) in [6, 6.07) is 5.11. The molecule has 1 spiro atoms. The van der Waals surface area contributed by atoms with Gasteiger partial charge in [0.1, 0.15) is 0 Å². The first-order valence-electron chi connectivity index (χ1n) is 12.3. The molecule has 0 bridgehead atoms. The fourth-order valence-corrected chi connectivity index (χ4v) is 8.22. The summed E-state index contributed by atoms with van der Waals surface area (Å²) in [6.07, 6.45) is -2.15. The molecule has 3 heterocycles. The van der Waals surface area contributed by atoms with Gasteiger partial charge in [0, 0.05) is 7.05 Å². The van der Waals surface area contributed by atoms with E-state index in [4.69, 9.17) is 5.73 Å². The minimum absolute atomic E-state index is 0.0580. The maximum absolute atomic E-state index is 13.5. The van der Waals surface area contributed by atoms with Crippen molar-refractivity contribution in [2.24, 2.45) is 18.2 Å². The van der Waals surface area contributed by atoms with Gasteiger partial charge in [0.2, 0.25) is 0 Å². The van der Waals surface area contributed by atoms with Crippen molar-refractivity contribution >= 4 is 26.6 Å². The summed E-state index contributed by atoms with van der Waals surface area (Å²) in [4.78, 5) is 12.8. The van der Waals surface area contributed by atoms with E-state index in [1.807, 2.05) is 0 Å². The van der Waals surface area contributed by atoms with Gasteiger partial charge in [-0.3, -0.25) is 4.79 Å². The summed E-state index contributed by atoms with van der Waals surface area (Å²) in [5.41, 5.74) is 5.54. The third-order valence-corrected chi connectivity index (χ3v) is 10.2. The lowest BCUT2D eigenvalue weighted by Crippen LogP contribution is -2.54. The van der Waals surface area contributed by atoms with Crippen LogP contribution in [-0.4, -0.2) is 39.9 Å². The Hall–Kier alpha value is -3.06. The molecule has 13 heteroatoms. The maximum Gasteiger partial charge on any atom is 0.416 e. The number of nitrogens with one attached hydrogen (secondary N) is 1. The summed E-state index contributed by atoms with van der Waals surface area (Å²) in [5.74, 6) is 0.629. The average Bonchev–Trinajstić information content (AvgIpc) is 2.82. The minimum atomic E-state index is -4.48. The Balaban J connectivity index is 1.49. The standard InChI is InChI=1S/C25H29F3N6O3S/c1-14-16(5-4-6-18(14)25(26,27)28)15(2)30-21-17-11-19(31-32-20(17)22(35)34(3)33-21)24(29)9-7-23(8-10-24)12-38(36,37)13-23/h4-6,11,15H,7-10,12-13,29H2,1-3H3,(H,30,33)/t15-/m1/s1. The topological polar surface area (TPSA) is 133 Å². The molecule has 2 fully saturated rings. The van der Waals surface area contributed by atoms with E-state index in [1.165, 1.54) is 20.0 Å². The third kappa shape index (κ3) is 4.55. The van der Waals surface area contributed by atoms with E-state index in [0.717, 1.165) is 10.7 Å². The number of benzene rings is 1. The van der Waals surface area contributed by atoms with E-state index in [-0.39, 0.29) is 33.8 Å². The smallest absolute Gasteiger partial charge is 0.362 e. The van der Waals surface area contributed by atoms with Crippen LogP contribution in [0.25, 0.3) is 10.9 Å². The second kappa shape index (κ2) is 8.73. The number of nitrogens with two attached hydrogens (primary N) is 1. The zero-order valence-corrected chi connectivity index (χ0v) is 22.1. The Bertz CT molecular complexity index is 1580. The van der Waals surface area contributed by atoms with E-state index in [1.54, 1.807) is 19.1 Å². The van der Waals surface area contributed by atoms with Crippen LogP contribution in [0.2, 0.25) is 0 Å². The molecule has 204 valence electrons. The molecular formula is C25H29F3N6O3S. The molecule has 1 aromatic carbocycles. The predicted octanol–water partition coefficient (Wildman–Crippen LogP) is 3.37. The van der Waals surface area contributed by atoms with Gasteiger partial charge in [-0.2, -0.15) is 23.4 Å². The van der Waals surface area contributed by atoms with Gasteiger partial charge in [-0.05, 0) is 68.2 Å². The first-order chi connectivity index (χ1) is 17.6. The predicted molar refractivity (Wildman–Crippen MR) is 136 cm³/mol. The van der Waals surface area contributed by atoms with E-state index in [0.29, 0.717) is 42.3 Å². The molecule has 1 aliphatic carbocycles. The summed E-state index contributed by atoms with van der Waals surface area (Å²) in [6.45, 7) is 3.14. The van der Waals surface area contributed by atoms with Gasteiger partial charge in [0.15, 0.2) is 21.2 Å². The number of hydrogen-bond acceptors (Lipinski definition) is 8. The molecular weight excluding hydrogens is 521 g/mol. The molecule has 1 aliphatic heterocycles. The van der Waals surface area contributed by atoms with Crippen LogP contribution in [0.3, 0.4) is 0 Å². The second-order valence-electron chi connectivity index (χ2n) is 10.8. The lowest BCUT2D eigenvalue weighted by atomic mass is 9.68. The highest BCUT2D eigenvalue weighted by molar-refractivity contribution is 7.92. The number of aromatic nitrogens is 4. The van der Waals surface area contributed by atoms with Gasteiger partial charge in [-0.1, -0.05) is 12.1 Å². The summed E-state index contributed by atoms with van der Waals surface area (Å²) in [5, 5.41) is 16.3. The average molecular weight is 551 g/mol. The fraction of sp³-hybridized carbons (Fsp3) is 0.520. The molecule has 1 saturated heterocycles. The van der Waals surface area contributed by atoms with Crippen LogP contribution in [0.5, 0.6) is 0 Å². The Morgan fingerprint density at radius 3 is 2.39 bits per heavy atom. The van der Waals surface area contributed by atoms with Crippen molar-refractivity contribution in [1.29, 1.82) is 0 Å². The molecule has 0 amide bonds. The van der Waals surface area contributed by atoms with E-state index >= 15 is 0 Å². The SMILES string of the molecule is Cc1c([C@@H](C)Nc2nn(C)c(=O)c3nnc(C4(N)CCC5(CC4)CS(=O)(=O)C5)cc23)cccc1C(F)(F)F. The third-order valence-electron chi connectivity index (χ3n) is 8.06. The molecule has 2 aromatic heterocycles. The minimum Gasteiger partial charge on any atom is -0.362 e. The molecule has 3 N–H and O–H groups in total. The van der Waals surface area contributed by atoms with Gasteiger partial charge < -0.3 is 11.1 Å². The monoisotopic (exact) mass is 550 g/mol. The molecule has 9 nitrogen and oxygen atoms in total. The Morgan fingerprint density at radius 1 is 1.13 bits per heavy atom. The second-order valence-corrected chi connectivity index (χ2v) is 12.9. The maximum atomic E-state index is 13.5. The van der Waals surface area contributed by atoms with Crippen LogP contribution in [-0.2, 0) is 28.6 Å². The lowest BCUT2D eigenvalue weighted by molar-refractivity contribution is -0.138. The molecule has 1 saturated carbocycles. The molecule has 0 radical (unpaired) electrons. The van der Waals surface area contributed by atoms with Crippen molar-refractivity contribution in [1.82, 2.24) is 20.0 Å². The lowest BCUT2D eigenvalue weighted by Gasteiger charge is -2.48. The van der Waals surface area contributed by atoms with Crippen molar-refractivity contribution in [3.8, 4) is 0 Å². The van der Waals surface area contributed by atoms with Gasteiger partial charge in [-0.25, -0.2) is 13.1 Å². The van der Waals surface area contributed by atoms with Crippen LogP contribution in [0, 0.1) is 12.3 Å². The van der Waals surface area contributed by atoms with Gasteiger partial charge in [0.05, 0.1) is 39.7 Å². The highest BCUT2D eigenvalue weighted by Gasteiger charge is 2.52. The van der Waals surface area contributed by atoms with E-state index < -0.39 is 38.7 Å². The number of halogens is 3. The van der Waals surface area contributed by atoms with Crippen molar-refractivity contribution in [3.05, 3.63) is 57.0 Å². The normalized spacial score (nSPS) is 20.7. The van der Waals surface area contributed by atoms with E-state index in [9.17, 15) is 26.4 Å². The summed E-state index contributed by atoms with van der Waals surface area (Å²) in [7, 11) is -1.51. The van der Waals surface area contributed by atoms with Gasteiger partial charge in [0.25, 0.3) is 5.56 Å². The van der Waals surface area contributed by atoms with E-state index in [2.05, 4.69) is 20.6 Å². The van der Waals surface area contributed by atoms with Crippen LogP contribution >= 0.6 is 0 Å². The number of alkyl halides is 3. The highest BCUT2D eigenvalue weighted by atomic mass is 32.2. The Kier molecular flexibility index (Phi) is 6.10. The number of fused-ring (bicyclic) bond motifs is 1. The number of hydrogen-bond donors (Lipinski definition) is 2. The van der Waals surface area contributed by atoms with Crippen LogP contribution in [0.4, 0.5) is 19.0 Å². The van der Waals surface area contributed by atoms with Crippen LogP contribution in [0.1, 0.15) is 61.0 Å². The Morgan fingerprint density at radius 2 is 1.79 bits per heavy atom. The molecule has 38 heavy (non-hydrogen) atoms. The van der Waals surface area contributed by atoms with Crippen LogP contribution < -0.4 is 16.6 Å². The van der Waals surface area contributed by atoms with Gasteiger partial charge in [-0.15, -0.1) is 5.10 Å². The van der Waals surface area contributed by atoms with Crippen molar-refractivity contribution < 1.29 is 21.6 Å². The number of anilines is 1. The number of sulfone groups is 1. The zero-order valence-electron chi connectivity index (χ0n) is 21.3. The van der Waals surface area contributed by atoms with Crippen molar-refractivity contribution in [3.63, 3.8) is 0 Å². The van der Waals surface area contributed by atoms with Gasteiger partial charge >= 0.3 is 6.18 Å². The first kappa shape index (κ1) is 26.5. The highest BCUT2D eigenvalue weighted by Crippen LogP contribution is 2.50. The largest absolute Gasteiger partial charge is 0.416 e. The molecule has 1 atom stereocenters. The molecule has 3 aromatic rings. The number of nitrogens with zero attached hydrogens (tertiary/aromatic N) is 4. The van der Waals surface area contributed by atoms with Crippen molar-refractivity contribution in [2.75, 3.05) is 16.8 Å². The molecule has 2 aliphatic rings. The first-order valence-corrected chi connectivity index (χ1v) is 14.1. The number of rotatable bonds is 4. The molecule has 0 unspecified atom stereocenters. The van der Waals surface area contributed by atoms with Crippen LogP contribution in [0.15, 0.2) is 29.1 Å². The molecule has 5 rings (SSSR count). The summed E-state index contributed by atoms with van der Waals surface area (Å²) < 4.78 is 65.0. The number of aryl methyl sites for hydroxylation is 1. The zero-order chi connectivity index (χ0) is 27.7. The quantitative estimate of drug-likeness (QED) is 0.505. The fourth-order valence-electron chi connectivity index (χ4n) is 5.86. The Labute approximate surface area is 217 Å². The van der Waals surface area contributed by atoms with Crippen molar-refractivity contribution in [2.45, 2.75) is 57.3 Å².